The van der Waals surface area contributed by atoms with Gasteiger partial charge in [0.25, 0.3) is 5.91 Å². The number of nitrogens with one attached hydrogen (secondary N) is 2. The zero-order valence-electron chi connectivity index (χ0n) is 19.6. The molecular formula is C23H31ClN4O6. The van der Waals surface area contributed by atoms with E-state index in [2.05, 4.69) is 10.3 Å². The number of rotatable bonds is 7. The Bertz CT molecular complexity index is 909. The van der Waals surface area contributed by atoms with Gasteiger partial charge in [-0.25, -0.2) is 9.78 Å². The lowest BCUT2D eigenvalue weighted by Gasteiger charge is -2.24. The minimum atomic E-state index is -0.573. The van der Waals surface area contributed by atoms with Crippen molar-refractivity contribution in [2.24, 2.45) is 0 Å². The molecule has 10 nitrogen and oxygen atoms in total. The van der Waals surface area contributed by atoms with E-state index in [9.17, 15) is 9.59 Å². The number of ether oxygens (including phenoxy) is 4. The van der Waals surface area contributed by atoms with Crippen molar-refractivity contribution in [1.82, 2.24) is 15.2 Å². The molecule has 0 radical (unpaired) electrons. The van der Waals surface area contributed by atoms with E-state index in [4.69, 9.17) is 36.0 Å². The van der Waals surface area contributed by atoms with Gasteiger partial charge in [0.05, 0.1) is 19.0 Å². The van der Waals surface area contributed by atoms with Crippen LogP contribution in [0.4, 0.5) is 4.79 Å². The van der Waals surface area contributed by atoms with Gasteiger partial charge in [-0.1, -0.05) is 11.6 Å². The first-order valence-corrected chi connectivity index (χ1v) is 11.6. The third-order valence-corrected chi connectivity index (χ3v) is 5.40. The molecule has 1 unspecified atom stereocenters. The zero-order valence-corrected chi connectivity index (χ0v) is 20.4. The maximum atomic E-state index is 12.4. The molecule has 11 heteroatoms. The van der Waals surface area contributed by atoms with Crippen LogP contribution in [-0.4, -0.2) is 65.7 Å². The molecule has 0 saturated carbocycles. The maximum Gasteiger partial charge on any atom is 0.410 e. The van der Waals surface area contributed by atoms with E-state index >= 15 is 0 Å². The van der Waals surface area contributed by atoms with E-state index < -0.39 is 17.7 Å². The zero-order chi connectivity index (χ0) is 24.7. The normalized spacial score (nSPS) is 21.4. The van der Waals surface area contributed by atoms with Crippen molar-refractivity contribution in [3.63, 3.8) is 0 Å². The van der Waals surface area contributed by atoms with Gasteiger partial charge in [0, 0.05) is 25.6 Å². The first-order valence-electron chi connectivity index (χ1n) is 11.3. The van der Waals surface area contributed by atoms with Gasteiger partial charge in [0.15, 0.2) is 5.76 Å². The summed E-state index contributed by atoms with van der Waals surface area (Å²) in [4.78, 5) is 30.4. The van der Waals surface area contributed by atoms with Crippen LogP contribution in [0.15, 0.2) is 29.1 Å². The molecule has 0 spiro atoms. The first-order chi connectivity index (χ1) is 16.1. The summed E-state index contributed by atoms with van der Waals surface area (Å²) in [6.07, 6.45) is 4.58. The molecule has 3 rings (SSSR count). The Hall–Kier alpha value is -2.85. The number of halogens is 1. The van der Waals surface area contributed by atoms with Crippen LogP contribution in [0.2, 0.25) is 0 Å². The van der Waals surface area contributed by atoms with E-state index in [1.807, 2.05) is 20.8 Å². The molecule has 2 fully saturated rings. The summed E-state index contributed by atoms with van der Waals surface area (Å²) in [5, 5.41) is 9.99. The Balaban J connectivity index is 1.53. The van der Waals surface area contributed by atoms with Crippen molar-refractivity contribution in [2.45, 2.75) is 64.4 Å². The molecule has 2 N–H and O–H groups in total. The summed E-state index contributed by atoms with van der Waals surface area (Å²) in [6.45, 7) is 7.01. The molecular weight excluding hydrogens is 464 g/mol. The van der Waals surface area contributed by atoms with Gasteiger partial charge in [0.2, 0.25) is 5.88 Å². The highest BCUT2D eigenvalue weighted by atomic mass is 35.5. The van der Waals surface area contributed by atoms with E-state index in [0.717, 1.165) is 19.1 Å². The largest absolute Gasteiger partial charge is 0.472 e. The van der Waals surface area contributed by atoms with Crippen molar-refractivity contribution in [3.8, 4) is 11.6 Å². The van der Waals surface area contributed by atoms with Crippen LogP contribution >= 0.6 is 11.6 Å². The standard InChI is InChI=1S/C23H31ClN4O6/c1-23(2,3)34-22(30)28-10-9-16(14-28)33-18-8-7-15(13-26-18)32-17(12-25)20(24)21(29)27-19-6-4-5-11-31-19/h7-8,12-13,16,19,25H,4-6,9-11,14H2,1-3H3,(H,27,29)/b20-17-,25-12?/t16-,19?/m0/s1. The van der Waals surface area contributed by atoms with Gasteiger partial charge >= 0.3 is 6.09 Å². The van der Waals surface area contributed by atoms with Crippen molar-refractivity contribution in [3.05, 3.63) is 29.1 Å². The van der Waals surface area contributed by atoms with E-state index in [1.165, 1.54) is 6.20 Å². The highest BCUT2D eigenvalue weighted by Gasteiger charge is 2.31. The molecule has 2 amide bonds. The lowest BCUT2D eigenvalue weighted by Crippen LogP contribution is -2.39. The summed E-state index contributed by atoms with van der Waals surface area (Å²) in [5.74, 6) is -0.0421. The molecule has 2 aliphatic rings. The maximum absolute atomic E-state index is 12.4. The summed E-state index contributed by atoms with van der Waals surface area (Å²) in [5.41, 5.74) is -0.551. The Labute approximate surface area is 204 Å². The van der Waals surface area contributed by atoms with Crippen molar-refractivity contribution >= 4 is 29.8 Å². The number of carbonyl (C=O) groups excluding carboxylic acids is 2. The van der Waals surface area contributed by atoms with E-state index in [-0.39, 0.29) is 28.7 Å². The second-order valence-corrected chi connectivity index (χ2v) is 9.42. The van der Waals surface area contributed by atoms with Crippen LogP contribution in [0.25, 0.3) is 0 Å². The number of aromatic nitrogens is 1. The van der Waals surface area contributed by atoms with Gasteiger partial charge in [0.1, 0.15) is 28.7 Å². The van der Waals surface area contributed by atoms with Crippen LogP contribution in [0.3, 0.4) is 0 Å². The van der Waals surface area contributed by atoms with Crippen LogP contribution in [0.1, 0.15) is 46.5 Å². The number of pyridine rings is 1. The SMILES string of the molecule is CC(C)(C)OC(=O)N1CC[C@H](Oc2ccc(O/C(C=N)=C(\Cl)C(=O)NC3CCCCO3)cn2)C1. The van der Waals surface area contributed by atoms with Gasteiger partial charge < -0.3 is 34.6 Å². The third kappa shape index (κ3) is 7.59. The third-order valence-electron chi connectivity index (χ3n) is 5.04. The number of hydrogen-bond acceptors (Lipinski definition) is 8. The van der Waals surface area contributed by atoms with Crippen molar-refractivity contribution < 1.29 is 28.5 Å². The average Bonchev–Trinajstić information content (AvgIpc) is 3.26. The van der Waals surface area contributed by atoms with E-state index in [1.54, 1.807) is 17.0 Å². The fourth-order valence-corrected chi connectivity index (χ4v) is 3.57. The molecule has 34 heavy (non-hydrogen) atoms. The number of likely N-dealkylation sites (tertiary alicyclic amines) is 1. The van der Waals surface area contributed by atoms with Gasteiger partial charge in [-0.05, 0) is 46.1 Å². The monoisotopic (exact) mass is 494 g/mol. The molecule has 2 aliphatic heterocycles. The van der Waals surface area contributed by atoms with E-state index in [0.29, 0.717) is 38.4 Å². The predicted octanol–water partition coefficient (Wildman–Crippen LogP) is 3.59. The Morgan fingerprint density at radius 1 is 1.29 bits per heavy atom. The number of nitrogens with zero attached hydrogens (tertiary/aromatic N) is 2. The number of amides is 2. The number of hydrogen-bond donors (Lipinski definition) is 2. The van der Waals surface area contributed by atoms with Crippen molar-refractivity contribution in [2.75, 3.05) is 19.7 Å². The number of carbonyl (C=O) groups is 2. The molecule has 0 aliphatic carbocycles. The molecule has 1 aromatic heterocycles. The molecule has 1 aromatic rings. The van der Waals surface area contributed by atoms with Gasteiger partial charge in [-0.2, -0.15) is 0 Å². The van der Waals surface area contributed by atoms with Gasteiger partial charge in [-0.15, -0.1) is 0 Å². The lowest BCUT2D eigenvalue weighted by atomic mass is 10.2. The molecule has 0 bridgehead atoms. The summed E-state index contributed by atoms with van der Waals surface area (Å²) in [7, 11) is 0. The van der Waals surface area contributed by atoms with Crippen LogP contribution in [0, 0.1) is 5.41 Å². The fourth-order valence-electron chi connectivity index (χ4n) is 3.42. The Morgan fingerprint density at radius 2 is 2.09 bits per heavy atom. The highest BCUT2D eigenvalue weighted by molar-refractivity contribution is 6.43. The minimum absolute atomic E-state index is 0.116. The fraction of sp³-hybridized carbons (Fsp3) is 0.565. The first kappa shape index (κ1) is 25.8. The summed E-state index contributed by atoms with van der Waals surface area (Å²) in [6, 6.07) is 3.20. The minimum Gasteiger partial charge on any atom is -0.472 e. The Kier molecular flexibility index (Phi) is 8.73. The smallest absolute Gasteiger partial charge is 0.410 e. The van der Waals surface area contributed by atoms with Crippen molar-refractivity contribution in [1.29, 1.82) is 5.41 Å². The lowest BCUT2D eigenvalue weighted by molar-refractivity contribution is -0.122. The molecule has 2 atom stereocenters. The summed E-state index contributed by atoms with van der Waals surface area (Å²) >= 11 is 6.14. The molecule has 3 heterocycles. The molecule has 2 saturated heterocycles. The quantitative estimate of drug-likeness (QED) is 0.337. The van der Waals surface area contributed by atoms with Crippen LogP contribution in [-0.2, 0) is 14.3 Å². The second kappa shape index (κ2) is 11.5. The highest BCUT2D eigenvalue weighted by Crippen LogP contribution is 2.22. The second-order valence-electron chi connectivity index (χ2n) is 9.04. The number of allylic oxidation sites excluding steroid dienone is 1. The van der Waals surface area contributed by atoms with Gasteiger partial charge in [-0.3, -0.25) is 4.79 Å². The average molecular weight is 495 g/mol. The summed E-state index contributed by atoms with van der Waals surface area (Å²) < 4.78 is 22.3. The topological polar surface area (TPSA) is 123 Å². The van der Waals surface area contributed by atoms with Crippen LogP contribution in [0.5, 0.6) is 11.6 Å². The molecule has 0 aromatic carbocycles. The Morgan fingerprint density at radius 3 is 2.71 bits per heavy atom. The predicted molar refractivity (Wildman–Crippen MR) is 125 cm³/mol. The van der Waals surface area contributed by atoms with Crippen LogP contribution < -0.4 is 14.8 Å². The molecule has 186 valence electrons.